The summed E-state index contributed by atoms with van der Waals surface area (Å²) in [5.74, 6) is 1.87. The highest BCUT2D eigenvalue weighted by Gasteiger charge is 2.30. The minimum absolute atomic E-state index is 0.613. The number of aromatic nitrogens is 1. The van der Waals surface area contributed by atoms with Crippen molar-refractivity contribution in [3.63, 3.8) is 0 Å². The standard InChI is InChI=1S/C18H27N3O2/c1-2-17-15(13-23-12-14-4-9-22-10-5-14)3-6-20-18(17)21-8-7-19-11-16(1)21/h3,6,14,16,19H,1-2,4-5,7-13H2. The molecule has 5 heteroatoms. The quantitative estimate of drug-likeness (QED) is 0.917. The summed E-state index contributed by atoms with van der Waals surface area (Å²) in [6.07, 6.45) is 6.57. The third-order valence-corrected chi connectivity index (χ3v) is 5.43. The van der Waals surface area contributed by atoms with Crippen LogP contribution in [0.3, 0.4) is 0 Å². The molecule has 2 saturated heterocycles. The lowest BCUT2D eigenvalue weighted by atomic mass is 9.94. The molecule has 2 fully saturated rings. The lowest BCUT2D eigenvalue weighted by Gasteiger charge is -2.41. The first-order valence-corrected chi connectivity index (χ1v) is 9.01. The molecule has 3 aliphatic rings. The van der Waals surface area contributed by atoms with Gasteiger partial charge in [-0.05, 0) is 43.2 Å². The number of hydrogen-bond donors (Lipinski definition) is 1. The second kappa shape index (κ2) is 7.16. The predicted octanol–water partition coefficient (Wildman–Crippen LogP) is 1.75. The Balaban J connectivity index is 1.41. The van der Waals surface area contributed by atoms with Crippen molar-refractivity contribution >= 4 is 5.82 Å². The normalized spacial score (nSPS) is 25.0. The van der Waals surface area contributed by atoms with E-state index in [2.05, 4.69) is 21.3 Å². The van der Waals surface area contributed by atoms with Gasteiger partial charge in [0, 0.05) is 50.7 Å². The minimum Gasteiger partial charge on any atom is -0.381 e. The van der Waals surface area contributed by atoms with Gasteiger partial charge in [-0.3, -0.25) is 0 Å². The van der Waals surface area contributed by atoms with Crippen LogP contribution < -0.4 is 10.2 Å². The molecule has 0 bridgehead atoms. The fraction of sp³-hybridized carbons (Fsp3) is 0.722. The van der Waals surface area contributed by atoms with Gasteiger partial charge in [0.2, 0.25) is 0 Å². The van der Waals surface area contributed by atoms with Crippen molar-refractivity contribution < 1.29 is 9.47 Å². The van der Waals surface area contributed by atoms with Crippen LogP contribution in [0, 0.1) is 5.92 Å². The van der Waals surface area contributed by atoms with E-state index >= 15 is 0 Å². The summed E-state index contributed by atoms with van der Waals surface area (Å²) in [4.78, 5) is 7.19. The summed E-state index contributed by atoms with van der Waals surface area (Å²) in [6, 6.07) is 2.76. The van der Waals surface area contributed by atoms with Crippen LogP contribution >= 0.6 is 0 Å². The average molecular weight is 317 g/mol. The van der Waals surface area contributed by atoms with Gasteiger partial charge in [0.25, 0.3) is 0 Å². The number of nitrogens with zero attached hydrogens (tertiary/aromatic N) is 2. The molecule has 1 atom stereocenters. The minimum atomic E-state index is 0.613. The Kier molecular flexibility index (Phi) is 4.78. The molecule has 4 rings (SSSR count). The molecular formula is C18H27N3O2. The molecule has 4 heterocycles. The van der Waals surface area contributed by atoms with Crippen LogP contribution in [0.4, 0.5) is 5.82 Å². The van der Waals surface area contributed by atoms with Gasteiger partial charge in [0.1, 0.15) is 5.82 Å². The van der Waals surface area contributed by atoms with E-state index in [0.29, 0.717) is 12.0 Å². The van der Waals surface area contributed by atoms with Crippen LogP contribution in [0.1, 0.15) is 30.4 Å². The monoisotopic (exact) mass is 317 g/mol. The Morgan fingerprint density at radius 1 is 1.30 bits per heavy atom. The zero-order valence-corrected chi connectivity index (χ0v) is 13.8. The van der Waals surface area contributed by atoms with Crippen molar-refractivity contribution in [3.8, 4) is 0 Å². The number of ether oxygens (including phenoxy) is 2. The Hall–Kier alpha value is -1.17. The zero-order chi connectivity index (χ0) is 15.5. The summed E-state index contributed by atoms with van der Waals surface area (Å²) in [6.45, 7) is 6.58. The maximum Gasteiger partial charge on any atom is 0.132 e. The summed E-state index contributed by atoms with van der Waals surface area (Å²) < 4.78 is 11.5. The van der Waals surface area contributed by atoms with E-state index in [1.165, 1.54) is 23.4 Å². The van der Waals surface area contributed by atoms with Crippen LogP contribution in [-0.4, -0.2) is 50.5 Å². The number of anilines is 1. The molecule has 0 spiro atoms. The van der Waals surface area contributed by atoms with Crippen molar-refractivity contribution in [3.05, 3.63) is 23.4 Å². The first kappa shape index (κ1) is 15.4. The van der Waals surface area contributed by atoms with Gasteiger partial charge in [0.05, 0.1) is 13.2 Å². The highest BCUT2D eigenvalue weighted by molar-refractivity contribution is 5.54. The number of hydrogen-bond acceptors (Lipinski definition) is 5. The molecule has 3 aliphatic heterocycles. The second-order valence-electron chi connectivity index (χ2n) is 6.93. The van der Waals surface area contributed by atoms with Crippen molar-refractivity contribution in [1.29, 1.82) is 0 Å². The average Bonchev–Trinajstić information content (AvgIpc) is 2.62. The van der Waals surface area contributed by atoms with E-state index in [1.54, 1.807) is 0 Å². The van der Waals surface area contributed by atoms with Gasteiger partial charge in [-0.25, -0.2) is 4.98 Å². The Labute approximate surface area is 138 Å². The smallest absolute Gasteiger partial charge is 0.132 e. The molecule has 126 valence electrons. The fourth-order valence-corrected chi connectivity index (χ4v) is 4.03. The van der Waals surface area contributed by atoms with Gasteiger partial charge in [-0.1, -0.05) is 0 Å². The zero-order valence-electron chi connectivity index (χ0n) is 13.8. The fourth-order valence-electron chi connectivity index (χ4n) is 4.03. The molecule has 0 radical (unpaired) electrons. The van der Waals surface area contributed by atoms with Crippen molar-refractivity contribution in [2.75, 3.05) is 44.4 Å². The number of pyridine rings is 1. The van der Waals surface area contributed by atoms with Crippen molar-refractivity contribution in [2.24, 2.45) is 5.92 Å². The predicted molar refractivity (Wildman–Crippen MR) is 89.8 cm³/mol. The van der Waals surface area contributed by atoms with E-state index in [9.17, 15) is 0 Å². The molecule has 0 saturated carbocycles. The van der Waals surface area contributed by atoms with Gasteiger partial charge < -0.3 is 19.7 Å². The maximum atomic E-state index is 6.05. The lowest BCUT2D eigenvalue weighted by Crippen LogP contribution is -2.53. The van der Waals surface area contributed by atoms with Crippen LogP contribution in [0.15, 0.2) is 12.3 Å². The molecule has 23 heavy (non-hydrogen) atoms. The number of rotatable bonds is 4. The van der Waals surface area contributed by atoms with Gasteiger partial charge in [-0.2, -0.15) is 0 Å². The highest BCUT2D eigenvalue weighted by atomic mass is 16.5. The Morgan fingerprint density at radius 2 is 2.22 bits per heavy atom. The largest absolute Gasteiger partial charge is 0.381 e. The molecular weight excluding hydrogens is 290 g/mol. The molecule has 1 aromatic heterocycles. The summed E-state index contributed by atoms with van der Waals surface area (Å²) in [7, 11) is 0. The lowest BCUT2D eigenvalue weighted by molar-refractivity contribution is 0.0155. The van der Waals surface area contributed by atoms with Crippen molar-refractivity contribution in [2.45, 2.75) is 38.3 Å². The third-order valence-electron chi connectivity index (χ3n) is 5.43. The third kappa shape index (κ3) is 3.37. The Morgan fingerprint density at radius 3 is 3.13 bits per heavy atom. The first-order valence-electron chi connectivity index (χ1n) is 9.01. The molecule has 1 unspecified atom stereocenters. The highest BCUT2D eigenvalue weighted by Crippen LogP contribution is 2.32. The van der Waals surface area contributed by atoms with E-state index < -0.39 is 0 Å². The maximum absolute atomic E-state index is 6.05. The molecule has 1 aromatic rings. The summed E-state index contributed by atoms with van der Waals surface area (Å²) in [5, 5.41) is 3.50. The van der Waals surface area contributed by atoms with E-state index in [4.69, 9.17) is 9.47 Å². The Bertz CT molecular complexity index is 531. The molecule has 0 amide bonds. The number of piperazine rings is 1. The van der Waals surface area contributed by atoms with Crippen LogP contribution in [-0.2, 0) is 22.5 Å². The first-order chi connectivity index (χ1) is 11.4. The SMILES string of the molecule is c1cc(COCC2CCOCC2)c2c(n1)N1CCNCC1CC2. The van der Waals surface area contributed by atoms with Gasteiger partial charge >= 0.3 is 0 Å². The summed E-state index contributed by atoms with van der Waals surface area (Å²) >= 11 is 0. The van der Waals surface area contributed by atoms with Gasteiger partial charge in [-0.15, -0.1) is 0 Å². The van der Waals surface area contributed by atoms with Crippen LogP contribution in [0.25, 0.3) is 0 Å². The van der Waals surface area contributed by atoms with Crippen molar-refractivity contribution in [1.82, 2.24) is 10.3 Å². The van der Waals surface area contributed by atoms with E-state index in [-0.39, 0.29) is 0 Å². The number of fused-ring (bicyclic) bond motifs is 3. The van der Waals surface area contributed by atoms with Crippen LogP contribution in [0.2, 0.25) is 0 Å². The van der Waals surface area contributed by atoms with Gasteiger partial charge in [0.15, 0.2) is 0 Å². The molecule has 0 aromatic carbocycles. The number of nitrogens with one attached hydrogen (secondary N) is 1. The molecule has 1 N–H and O–H groups in total. The summed E-state index contributed by atoms with van der Waals surface area (Å²) in [5.41, 5.74) is 2.75. The topological polar surface area (TPSA) is 46.6 Å². The molecule has 5 nitrogen and oxygen atoms in total. The van der Waals surface area contributed by atoms with E-state index in [0.717, 1.165) is 65.3 Å². The molecule has 0 aliphatic carbocycles. The van der Waals surface area contributed by atoms with E-state index in [1.807, 2.05) is 6.20 Å². The van der Waals surface area contributed by atoms with Crippen LogP contribution in [0.5, 0.6) is 0 Å². The second-order valence-corrected chi connectivity index (χ2v) is 6.93.